The minimum atomic E-state index is 0.276. The van der Waals surface area contributed by atoms with Gasteiger partial charge in [-0.15, -0.1) is 6.58 Å². The SMILES string of the molecule is C=CCn1cc(C(C)n2ccnc2)c2ccccc21. The standard InChI is InChI=1S/C16H17N3/c1-3-9-18-11-15(13(2)19-10-8-17-12-19)14-6-4-5-7-16(14)18/h3-8,10-13H,1,9H2,2H3. The third kappa shape index (κ3) is 1.97. The van der Waals surface area contributed by atoms with Crippen LogP contribution in [0, 0.1) is 0 Å². The van der Waals surface area contributed by atoms with Crippen molar-refractivity contribution in [2.24, 2.45) is 0 Å². The van der Waals surface area contributed by atoms with Crippen LogP contribution < -0.4 is 0 Å². The molecule has 0 amide bonds. The number of aromatic nitrogens is 3. The smallest absolute Gasteiger partial charge is 0.0951 e. The molecule has 0 bridgehead atoms. The Balaban J connectivity index is 2.15. The molecule has 1 aromatic carbocycles. The second-order valence-electron chi connectivity index (χ2n) is 4.73. The number of imidazole rings is 1. The summed E-state index contributed by atoms with van der Waals surface area (Å²) >= 11 is 0. The van der Waals surface area contributed by atoms with Crippen LogP contribution in [-0.2, 0) is 6.54 Å². The molecule has 0 fully saturated rings. The first-order chi connectivity index (χ1) is 9.31. The zero-order valence-electron chi connectivity index (χ0n) is 11.0. The Hall–Kier alpha value is -2.29. The van der Waals surface area contributed by atoms with Gasteiger partial charge in [0.15, 0.2) is 0 Å². The molecule has 0 spiro atoms. The van der Waals surface area contributed by atoms with Gasteiger partial charge in [0.1, 0.15) is 0 Å². The van der Waals surface area contributed by atoms with Crippen molar-refractivity contribution >= 4 is 10.9 Å². The molecular formula is C16H17N3. The zero-order chi connectivity index (χ0) is 13.2. The van der Waals surface area contributed by atoms with Gasteiger partial charge in [-0.05, 0) is 13.0 Å². The lowest BCUT2D eigenvalue weighted by Gasteiger charge is -2.11. The summed E-state index contributed by atoms with van der Waals surface area (Å²) in [7, 11) is 0. The van der Waals surface area contributed by atoms with Crippen molar-refractivity contribution in [3.8, 4) is 0 Å². The van der Waals surface area contributed by atoms with Gasteiger partial charge in [-0.1, -0.05) is 24.3 Å². The molecule has 3 nitrogen and oxygen atoms in total. The van der Waals surface area contributed by atoms with Crippen molar-refractivity contribution in [3.63, 3.8) is 0 Å². The Kier molecular flexibility index (Phi) is 2.95. The molecule has 0 radical (unpaired) electrons. The maximum Gasteiger partial charge on any atom is 0.0951 e. The Morgan fingerprint density at radius 3 is 2.95 bits per heavy atom. The maximum absolute atomic E-state index is 4.13. The molecule has 3 aromatic rings. The lowest BCUT2D eigenvalue weighted by atomic mass is 10.1. The summed E-state index contributed by atoms with van der Waals surface area (Å²) < 4.78 is 4.37. The second kappa shape index (κ2) is 4.76. The van der Waals surface area contributed by atoms with Crippen LogP contribution >= 0.6 is 0 Å². The Morgan fingerprint density at radius 1 is 1.37 bits per heavy atom. The van der Waals surface area contributed by atoms with E-state index >= 15 is 0 Å². The minimum Gasteiger partial charge on any atom is -0.343 e. The predicted octanol–water partition coefficient (Wildman–Crippen LogP) is 3.63. The molecule has 2 heterocycles. The fourth-order valence-electron chi connectivity index (χ4n) is 2.56. The van der Waals surface area contributed by atoms with E-state index in [0.717, 1.165) is 6.54 Å². The van der Waals surface area contributed by atoms with E-state index in [2.05, 4.69) is 58.1 Å². The third-order valence-corrected chi connectivity index (χ3v) is 3.57. The predicted molar refractivity (Wildman–Crippen MR) is 78.2 cm³/mol. The summed E-state index contributed by atoms with van der Waals surface area (Å²) in [4.78, 5) is 4.13. The number of para-hydroxylation sites is 1. The quantitative estimate of drug-likeness (QED) is 0.649. The van der Waals surface area contributed by atoms with Gasteiger partial charge in [0, 0.05) is 41.6 Å². The van der Waals surface area contributed by atoms with Crippen LogP contribution in [0.2, 0.25) is 0 Å². The molecule has 0 aliphatic carbocycles. The molecule has 0 N–H and O–H groups in total. The Morgan fingerprint density at radius 2 is 2.21 bits per heavy atom. The van der Waals surface area contributed by atoms with Gasteiger partial charge < -0.3 is 9.13 Å². The van der Waals surface area contributed by atoms with Crippen LogP contribution in [0.15, 0.2) is 61.8 Å². The summed E-state index contributed by atoms with van der Waals surface area (Å²) in [6, 6.07) is 8.78. The van der Waals surface area contributed by atoms with Crippen LogP contribution in [0.25, 0.3) is 10.9 Å². The lowest BCUT2D eigenvalue weighted by Crippen LogP contribution is -2.03. The van der Waals surface area contributed by atoms with Crippen molar-refractivity contribution in [1.82, 2.24) is 14.1 Å². The first-order valence-electron chi connectivity index (χ1n) is 6.47. The van der Waals surface area contributed by atoms with E-state index < -0.39 is 0 Å². The highest BCUT2D eigenvalue weighted by atomic mass is 15.1. The first kappa shape index (κ1) is 11.8. The van der Waals surface area contributed by atoms with Crippen LogP contribution in [-0.4, -0.2) is 14.1 Å². The number of allylic oxidation sites excluding steroid dienone is 1. The van der Waals surface area contributed by atoms with Crippen molar-refractivity contribution in [2.45, 2.75) is 19.5 Å². The summed E-state index contributed by atoms with van der Waals surface area (Å²) in [6.45, 7) is 6.86. The number of benzene rings is 1. The maximum atomic E-state index is 4.13. The van der Waals surface area contributed by atoms with Crippen molar-refractivity contribution < 1.29 is 0 Å². The van der Waals surface area contributed by atoms with Crippen LogP contribution in [0.4, 0.5) is 0 Å². The van der Waals surface area contributed by atoms with E-state index in [4.69, 9.17) is 0 Å². The van der Waals surface area contributed by atoms with Crippen molar-refractivity contribution in [3.05, 3.63) is 67.4 Å². The number of hydrogen-bond acceptors (Lipinski definition) is 1. The van der Waals surface area contributed by atoms with Gasteiger partial charge in [0.05, 0.1) is 12.4 Å². The van der Waals surface area contributed by atoms with Gasteiger partial charge in [-0.25, -0.2) is 4.98 Å². The van der Waals surface area contributed by atoms with Gasteiger partial charge in [0.2, 0.25) is 0 Å². The topological polar surface area (TPSA) is 22.8 Å². The van der Waals surface area contributed by atoms with Gasteiger partial charge in [0.25, 0.3) is 0 Å². The summed E-state index contributed by atoms with van der Waals surface area (Å²) in [5.74, 6) is 0. The summed E-state index contributed by atoms with van der Waals surface area (Å²) in [5.41, 5.74) is 2.57. The molecule has 0 saturated heterocycles. The largest absolute Gasteiger partial charge is 0.343 e. The highest BCUT2D eigenvalue weighted by Gasteiger charge is 2.14. The molecule has 3 heteroatoms. The van der Waals surface area contributed by atoms with E-state index in [9.17, 15) is 0 Å². The van der Waals surface area contributed by atoms with E-state index in [1.807, 2.05) is 24.8 Å². The number of nitrogens with zero attached hydrogens (tertiary/aromatic N) is 3. The second-order valence-corrected chi connectivity index (χ2v) is 4.73. The van der Waals surface area contributed by atoms with Crippen LogP contribution in [0.5, 0.6) is 0 Å². The van der Waals surface area contributed by atoms with Crippen molar-refractivity contribution in [2.75, 3.05) is 0 Å². The Labute approximate surface area is 112 Å². The summed E-state index contributed by atoms with van der Waals surface area (Å²) in [6.07, 6.45) is 9.84. The molecule has 19 heavy (non-hydrogen) atoms. The highest BCUT2D eigenvalue weighted by molar-refractivity contribution is 5.84. The molecule has 2 aromatic heterocycles. The van der Waals surface area contributed by atoms with Crippen LogP contribution in [0.3, 0.4) is 0 Å². The third-order valence-electron chi connectivity index (χ3n) is 3.57. The number of fused-ring (bicyclic) bond motifs is 1. The fourth-order valence-corrected chi connectivity index (χ4v) is 2.56. The van der Waals surface area contributed by atoms with E-state index in [-0.39, 0.29) is 6.04 Å². The number of hydrogen-bond donors (Lipinski definition) is 0. The van der Waals surface area contributed by atoms with E-state index in [0.29, 0.717) is 0 Å². The van der Waals surface area contributed by atoms with Gasteiger partial charge in [-0.3, -0.25) is 0 Å². The Bertz CT molecular complexity index is 692. The molecule has 0 saturated carbocycles. The average Bonchev–Trinajstić information content (AvgIpc) is 3.07. The lowest BCUT2D eigenvalue weighted by molar-refractivity contribution is 0.639. The molecule has 0 aliphatic rings. The highest BCUT2D eigenvalue weighted by Crippen LogP contribution is 2.28. The first-order valence-corrected chi connectivity index (χ1v) is 6.47. The molecule has 3 rings (SSSR count). The minimum absolute atomic E-state index is 0.276. The zero-order valence-corrected chi connectivity index (χ0v) is 11.0. The van der Waals surface area contributed by atoms with Crippen LogP contribution in [0.1, 0.15) is 18.5 Å². The molecular weight excluding hydrogens is 234 g/mol. The normalized spacial score (nSPS) is 12.7. The molecule has 1 atom stereocenters. The van der Waals surface area contributed by atoms with Gasteiger partial charge >= 0.3 is 0 Å². The van der Waals surface area contributed by atoms with E-state index in [1.165, 1.54) is 16.5 Å². The molecule has 0 aliphatic heterocycles. The molecule has 1 unspecified atom stereocenters. The van der Waals surface area contributed by atoms with E-state index in [1.54, 1.807) is 0 Å². The average molecular weight is 251 g/mol. The van der Waals surface area contributed by atoms with Crippen molar-refractivity contribution in [1.29, 1.82) is 0 Å². The molecule has 96 valence electrons. The monoisotopic (exact) mass is 251 g/mol. The fraction of sp³-hybridized carbons (Fsp3) is 0.188. The van der Waals surface area contributed by atoms with Gasteiger partial charge in [-0.2, -0.15) is 0 Å². The summed E-state index contributed by atoms with van der Waals surface area (Å²) in [5, 5.41) is 1.30. The number of rotatable bonds is 4.